The number of nitrogens with zero attached hydrogens (tertiary/aromatic N) is 1. The van der Waals surface area contributed by atoms with Crippen LogP contribution in [0.15, 0.2) is 48.5 Å². The van der Waals surface area contributed by atoms with Crippen LogP contribution in [0.3, 0.4) is 0 Å². The molecule has 0 radical (unpaired) electrons. The fourth-order valence-corrected chi connectivity index (χ4v) is 3.64. The Kier molecular flexibility index (Phi) is 6.75. The van der Waals surface area contributed by atoms with Gasteiger partial charge in [0.25, 0.3) is 11.8 Å². The SMILES string of the molecule is COc1ccc(C(=O)N[C@@H]2CCC[C@H](NC(=O)c3ccc(N(C)C)cc3)C2)cc1. The summed E-state index contributed by atoms with van der Waals surface area (Å²) in [7, 11) is 5.54. The molecule has 0 saturated heterocycles. The first-order chi connectivity index (χ1) is 14.0. The van der Waals surface area contributed by atoms with E-state index in [1.807, 2.05) is 43.3 Å². The molecule has 0 heterocycles. The highest BCUT2D eigenvalue weighted by Gasteiger charge is 2.25. The number of benzene rings is 2. The lowest BCUT2D eigenvalue weighted by Gasteiger charge is -2.30. The molecular formula is C23H29N3O3. The van der Waals surface area contributed by atoms with E-state index in [0.29, 0.717) is 11.1 Å². The van der Waals surface area contributed by atoms with Gasteiger partial charge in [0.15, 0.2) is 0 Å². The van der Waals surface area contributed by atoms with Gasteiger partial charge in [-0.2, -0.15) is 0 Å². The lowest BCUT2D eigenvalue weighted by molar-refractivity contribution is 0.0903. The molecule has 0 unspecified atom stereocenters. The van der Waals surface area contributed by atoms with Crippen molar-refractivity contribution < 1.29 is 14.3 Å². The van der Waals surface area contributed by atoms with Crippen molar-refractivity contribution in [2.45, 2.75) is 37.8 Å². The van der Waals surface area contributed by atoms with Gasteiger partial charge in [0.1, 0.15) is 5.75 Å². The number of methoxy groups -OCH3 is 1. The maximum atomic E-state index is 12.6. The molecule has 2 aromatic carbocycles. The number of nitrogens with one attached hydrogen (secondary N) is 2. The third-order valence-electron chi connectivity index (χ3n) is 5.34. The monoisotopic (exact) mass is 395 g/mol. The molecule has 6 nitrogen and oxygen atoms in total. The summed E-state index contributed by atoms with van der Waals surface area (Å²) in [5.41, 5.74) is 2.32. The van der Waals surface area contributed by atoms with Crippen LogP contribution >= 0.6 is 0 Å². The molecular weight excluding hydrogens is 366 g/mol. The summed E-state index contributed by atoms with van der Waals surface area (Å²) >= 11 is 0. The van der Waals surface area contributed by atoms with Gasteiger partial charge in [0.05, 0.1) is 7.11 Å². The fraction of sp³-hybridized carbons (Fsp3) is 0.391. The number of ether oxygens (including phenoxy) is 1. The van der Waals surface area contributed by atoms with Crippen LogP contribution in [0.1, 0.15) is 46.4 Å². The zero-order valence-electron chi connectivity index (χ0n) is 17.3. The van der Waals surface area contributed by atoms with Crippen LogP contribution in [0.4, 0.5) is 5.69 Å². The molecule has 2 atom stereocenters. The van der Waals surface area contributed by atoms with E-state index < -0.39 is 0 Å². The second-order valence-electron chi connectivity index (χ2n) is 7.68. The van der Waals surface area contributed by atoms with Crippen LogP contribution < -0.4 is 20.3 Å². The minimum Gasteiger partial charge on any atom is -0.497 e. The summed E-state index contributed by atoms with van der Waals surface area (Å²) in [4.78, 5) is 27.1. The Labute approximate surface area is 172 Å². The Balaban J connectivity index is 1.54. The number of hydrogen-bond acceptors (Lipinski definition) is 4. The number of carbonyl (C=O) groups is 2. The molecule has 2 aromatic rings. The number of carbonyl (C=O) groups excluding carboxylic acids is 2. The van der Waals surface area contributed by atoms with E-state index in [2.05, 4.69) is 10.6 Å². The van der Waals surface area contributed by atoms with Crippen molar-refractivity contribution in [3.05, 3.63) is 59.7 Å². The largest absolute Gasteiger partial charge is 0.497 e. The Morgan fingerprint density at radius 3 is 1.79 bits per heavy atom. The summed E-state index contributed by atoms with van der Waals surface area (Å²) in [5, 5.41) is 6.22. The molecule has 1 saturated carbocycles. The number of rotatable bonds is 6. The van der Waals surface area contributed by atoms with Crippen LogP contribution in [0.5, 0.6) is 5.75 Å². The van der Waals surface area contributed by atoms with Crippen molar-refractivity contribution >= 4 is 17.5 Å². The van der Waals surface area contributed by atoms with Gasteiger partial charge in [-0.15, -0.1) is 0 Å². The summed E-state index contributed by atoms with van der Waals surface area (Å²) in [6.45, 7) is 0. The third-order valence-corrected chi connectivity index (χ3v) is 5.34. The summed E-state index contributed by atoms with van der Waals surface area (Å²) in [6, 6.07) is 14.8. The predicted molar refractivity (Wildman–Crippen MR) is 115 cm³/mol. The van der Waals surface area contributed by atoms with E-state index in [9.17, 15) is 9.59 Å². The van der Waals surface area contributed by atoms with Crippen molar-refractivity contribution in [3.63, 3.8) is 0 Å². The Hall–Kier alpha value is -3.02. The lowest BCUT2D eigenvalue weighted by Crippen LogP contribution is -2.45. The second kappa shape index (κ2) is 9.45. The molecule has 1 fully saturated rings. The standard InChI is InChI=1S/C23H29N3O3/c1-26(2)20-11-7-16(8-12-20)22(27)24-18-5-4-6-19(15-18)25-23(28)17-9-13-21(29-3)14-10-17/h7-14,18-19H,4-6,15H2,1-3H3,(H,24,27)(H,25,28)/t18-,19+/m0/s1. The second-order valence-corrected chi connectivity index (χ2v) is 7.68. The first-order valence-electron chi connectivity index (χ1n) is 9.99. The Morgan fingerprint density at radius 1 is 0.862 bits per heavy atom. The zero-order chi connectivity index (χ0) is 20.8. The average Bonchev–Trinajstić information content (AvgIpc) is 2.74. The van der Waals surface area contributed by atoms with Crippen LogP contribution in [-0.4, -0.2) is 45.1 Å². The molecule has 154 valence electrons. The molecule has 1 aliphatic rings. The third kappa shape index (κ3) is 5.50. The van der Waals surface area contributed by atoms with Gasteiger partial charge >= 0.3 is 0 Å². The number of anilines is 1. The van der Waals surface area contributed by atoms with E-state index in [1.165, 1.54) is 0 Å². The lowest BCUT2D eigenvalue weighted by atomic mass is 9.90. The highest BCUT2D eigenvalue weighted by atomic mass is 16.5. The topological polar surface area (TPSA) is 70.7 Å². The van der Waals surface area contributed by atoms with Crippen LogP contribution in [-0.2, 0) is 0 Å². The fourth-order valence-electron chi connectivity index (χ4n) is 3.64. The first kappa shape index (κ1) is 20.7. The molecule has 2 amide bonds. The quantitative estimate of drug-likeness (QED) is 0.788. The maximum Gasteiger partial charge on any atom is 0.251 e. The molecule has 3 rings (SSSR count). The van der Waals surface area contributed by atoms with Crippen LogP contribution in [0.2, 0.25) is 0 Å². The molecule has 6 heteroatoms. The summed E-state index contributed by atoms with van der Waals surface area (Å²) < 4.78 is 5.13. The molecule has 2 N–H and O–H groups in total. The minimum atomic E-state index is -0.0936. The minimum absolute atomic E-state index is 0.0553. The maximum absolute atomic E-state index is 12.6. The van der Waals surface area contributed by atoms with Gasteiger partial charge in [-0.25, -0.2) is 0 Å². The summed E-state index contributed by atoms with van der Waals surface area (Å²) in [6.07, 6.45) is 3.56. The van der Waals surface area contributed by atoms with Crippen LogP contribution in [0, 0.1) is 0 Å². The zero-order valence-corrected chi connectivity index (χ0v) is 17.3. The Bertz CT molecular complexity index is 831. The molecule has 0 bridgehead atoms. The van der Waals surface area contributed by atoms with E-state index in [4.69, 9.17) is 4.74 Å². The highest BCUT2D eigenvalue weighted by molar-refractivity contribution is 5.95. The molecule has 29 heavy (non-hydrogen) atoms. The molecule has 0 aromatic heterocycles. The smallest absolute Gasteiger partial charge is 0.251 e. The van der Waals surface area contributed by atoms with Gasteiger partial charge in [-0.3, -0.25) is 9.59 Å². The van der Waals surface area contributed by atoms with Crippen molar-refractivity contribution in [2.75, 3.05) is 26.1 Å². The highest BCUT2D eigenvalue weighted by Crippen LogP contribution is 2.20. The van der Waals surface area contributed by atoms with Crippen LogP contribution in [0.25, 0.3) is 0 Å². The van der Waals surface area contributed by atoms with Crippen molar-refractivity contribution in [1.29, 1.82) is 0 Å². The van der Waals surface area contributed by atoms with E-state index in [0.717, 1.165) is 37.1 Å². The van der Waals surface area contributed by atoms with Crippen molar-refractivity contribution in [1.82, 2.24) is 10.6 Å². The predicted octanol–water partition coefficient (Wildman–Crippen LogP) is 3.23. The number of amides is 2. The average molecular weight is 396 g/mol. The van der Waals surface area contributed by atoms with Gasteiger partial charge in [-0.05, 0) is 74.2 Å². The van der Waals surface area contributed by atoms with Gasteiger partial charge in [-0.1, -0.05) is 0 Å². The molecule has 0 spiro atoms. The van der Waals surface area contributed by atoms with Crippen molar-refractivity contribution in [3.8, 4) is 5.75 Å². The summed E-state index contributed by atoms with van der Waals surface area (Å²) in [5.74, 6) is 0.562. The Morgan fingerprint density at radius 2 is 1.34 bits per heavy atom. The normalized spacial score (nSPS) is 18.6. The van der Waals surface area contributed by atoms with Crippen molar-refractivity contribution in [2.24, 2.45) is 0 Å². The number of hydrogen-bond donors (Lipinski definition) is 2. The van der Waals surface area contributed by atoms with Gasteiger partial charge in [0, 0.05) is 43.0 Å². The van der Waals surface area contributed by atoms with E-state index in [-0.39, 0.29) is 23.9 Å². The molecule has 1 aliphatic carbocycles. The van der Waals surface area contributed by atoms with Gasteiger partial charge in [0.2, 0.25) is 0 Å². The van der Waals surface area contributed by atoms with E-state index >= 15 is 0 Å². The van der Waals surface area contributed by atoms with E-state index in [1.54, 1.807) is 31.4 Å². The molecule has 0 aliphatic heterocycles. The first-order valence-corrected chi connectivity index (χ1v) is 9.99. The van der Waals surface area contributed by atoms with Gasteiger partial charge < -0.3 is 20.3 Å².